The molecule has 5 rings (SSSR count). The number of aromatic nitrogens is 5. The third kappa shape index (κ3) is 4.02. The first-order valence-corrected chi connectivity index (χ1v) is 11.2. The molecule has 2 N–H and O–H groups in total. The Morgan fingerprint density at radius 1 is 1.24 bits per heavy atom. The van der Waals surface area contributed by atoms with Gasteiger partial charge in [-0.15, -0.1) is 5.10 Å². The zero-order chi connectivity index (χ0) is 23.1. The maximum atomic E-state index is 14.6. The standard InChI is InChI=1S/C22H19Cl2FN6O2/c23-17-9-19-21(32)26-10-15(31(19)20(17)24)7-13-1-2-18(25)16(8-13)22(33)29-5-3-14(4-6-29)30-11-27-28-12-30/h1-2,8-12,14H,3-7H2,(H,26,32)/p+1. The molecule has 1 amide bonds. The molecule has 1 saturated heterocycles. The Balaban J connectivity index is 1.38. The average Bonchev–Trinajstić information content (AvgIpc) is 3.46. The van der Waals surface area contributed by atoms with E-state index in [1.165, 1.54) is 12.1 Å². The van der Waals surface area contributed by atoms with Crippen LogP contribution in [0.2, 0.25) is 10.2 Å². The highest BCUT2D eigenvalue weighted by molar-refractivity contribution is 6.42. The Morgan fingerprint density at radius 3 is 2.76 bits per heavy atom. The zero-order valence-electron chi connectivity index (χ0n) is 17.4. The van der Waals surface area contributed by atoms with Gasteiger partial charge in [-0.05, 0) is 36.6 Å². The van der Waals surface area contributed by atoms with Crippen molar-refractivity contribution >= 4 is 34.6 Å². The van der Waals surface area contributed by atoms with Crippen LogP contribution >= 0.6 is 23.2 Å². The molecule has 4 heterocycles. The van der Waals surface area contributed by atoms with Crippen LogP contribution in [0.1, 0.15) is 40.5 Å². The van der Waals surface area contributed by atoms with Crippen LogP contribution in [0, 0.1) is 5.82 Å². The minimum atomic E-state index is -0.566. The molecule has 3 aromatic heterocycles. The topological polar surface area (TPSA) is 90.1 Å². The van der Waals surface area contributed by atoms with Crippen molar-refractivity contribution < 1.29 is 13.8 Å². The van der Waals surface area contributed by atoms with Gasteiger partial charge in [0.15, 0.2) is 0 Å². The van der Waals surface area contributed by atoms with Crippen LogP contribution in [0.5, 0.6) is 0 Å². The predicted molar refractivity (Wildman–Crippen MR) is 120 cm³/mol. The lowest BCUT2D eigenvalue weighted by atomic mass is 10.0. The van der Waals surface area contributed by atoms with Crippen LogP contribution in [0.15, 0.2) is 47.9 Å². The molecule has 0 radical (unpaired) electrons. The van der Waals surface area contributed by atoms with Gasteiger partial charge >= 0.3 is 0 Å². The normalized spacial score (nSPS) is 14.8. The van der Waals surface area contributed by atoms with Crippen LogP contribution in [0.25, 0.3) is 5.52 Å². The highest BCUT2D eigenvalue weighted by atomic mass is 35.5. The van der Waals surface area contributed by atoms with Crippen molar-refractivity contribution in [1.82, 2.24) is 24.5 Å². The number of piperidine rings is 1. The number of halogens is 3. The number of carbonyl (C=O) groups is 1. The SMILES string of the molecule is O=C(c1cc(Cc2c[nH]c(=O)c3cc(Cl)c(Cl)n23)ccc1F)N1CCC([n+]2cn[nH]c2)CC1. The number of hydrogen-bond donors (Lipinski definition) is 2. The van der Waals surface area contributed by atoms with Gasteiger partial charge in [0.1, 0.15) is 16.5 Å². The van der Waals surface area contributed by atoms with Gasteiger partial charge in [0, 0.05) is 36.5 Å². The fourth-order valence-electron chi connectivity index (χ4n) is 4.35. The van der Waals surface area contributed by atoms with Crippen molar-refractivity contribution in [2.75, 3.05) is 13.1 Å². The van der Waals surface area contributed by atoms with E-state index in [0.717, 1.165) is 12.8 Å². The molecule has 33 heavy (non-hydrogen) atoms. The third-order valence-electron chi connectivity index (χ3n) is 6.08. The lowest BCUT2D eigenvalue weighted by molar-refractivity contribution is -0.725. The molecule has 8 nitrogen and oxygen atoms in total. The molecule has 0 aliphatic carbocycles. The van der Waals surface area contributed by atoms with E-state index in [1.54, 1.807) is 40.3 Å². The molecule has 170 valence electrons. The van der Waals surface area contributed by atoms with Crippen LogP contribution in [-0.2, 0) is 6.42 Å². The van der Waals surface area contributed by atoms with Gasteiger partial charge in [-0.3, -0.25) is 14.0 Å². The Labute approximate surface area is 197 Å². The van der Waals surface area contributed by atoms with E-state index in [9.17, 15) is 14.0 Å². The van der Waals surface area contributed by atoms with Crippen molar-refractivity contribution in [1.29, 1.82) is 0 Å². The highest BCUT2D eigenvalue weighted by Crippen LogP contribution is 2.27. The Morgan fingerprint density at radius 2 is 2.03 bits per heavy atom. The van der Waals surface area contributed by atoms with Gasteiger partial charge in [-0.25, -0.2) is 8.96 Å². The molecular formula is C22H20Cl2FN6O2+. The molecule has 0 spiro atoms. The summed E-state index contributed by atoms with van der Waals surface area (Å²) in [5.74, 6) is -0.901. The first-order valence-electron chi connectivity index (χ1n) is 10.5. The molecule has 0 bridgehead atoms. The number of amides is 1. The lowest BCUT2D eigenvalue weighted by Crippen LogP contribution is -2.47. The molecule has 4 aromatic rings. The number of H-pyrrole nitrogens is 2. The summed E-state index contributed by atoms with van der Waals surface area (Å²) < 4.78 is 18.2. The zero-order valence-corrected chi connectivity index (χ0v) is 18.9. The molecule has 11 heteroatoms. The second-order valence-electron chi connectivity index (χ2n) is 8.08. The lowest BCUT2D eigenvalue weighted by Gasteiger charge is -2.31. The molecule has 1 aliphatic rings. The number of fused-ring (bicyclic) bond motifs is 1. The second-order valence-corrected chi connectivity index (χ2v) is 8.84. The van der Waals surface area contributed by atoms with Crippen LogP contribution in [-0.4, -0.2) is 43.5 Å². The minimum absolute atomic E-state index is 0.0271. The summed E-state index contributed by atoms with van der Waals surface area (Å²) in [7, 11) is 0. The number of aromatic amines is 2. The van der Waals surface area contributed by atoms with Crippen LogP contribution in [0.4, 0.5) is 4.39 Å². The molecule has 0 unspecified atom stereocenters. The Kier molecular flexibility index (Phi) is 5.67. The smallest absolute Gasteiger partial charge is 0.272 e. The summed E-state index contributed by atoms with van der Waals surface area (Å²) in [4.78, 5) is 29.6. The molecule has 0 saturated carbocycles. The van der Waals surface area contributed by atoms with Crippen molar-refractivity contribution in [3.63, 3.8) is 0 Å². The number of rotatable bonds is 4. The summed E-state index contributed by atoms with van der Waals surface area (Å²) in [6, 6.07) is 6.22. The van der Waals surface area contributed by atoms with E-state index in [0.29, 0.717) is 36.3 Å². The molecule has 1 fully saturated rings. The number of likely N-dealkylation sites (tertiary alicyclic amines) is 1. The first-order chi connectivity index (χ1) is 15.9. The predicted octanol–water partition coefficient (Wildman–Crippen LogP) is 3.15. The van der Waals surface area contributed by atoms with E-state index in [4.69, 9.17) is 23.2 Å². The van der Waals surface area contributed by atoms with Gasteiger partial charge in [0.25, 0.3) is 17.8 Å². The molecule has 1 aromatic carbocycles. The Hall–Kier alpha value is -3.17. The van der Waals surface area contributed by atoms with Crippen molar-refractivity contribution in [3.05, 3.63) is 86.3 Å². The van der Waals surface area contributed by atoms with E-state index >= 15 is 0 Å². The fourth-order valence-corrected chi connectivity index (χ4v) is 4.79. The third-order valence-corrected chi connectivity index (χ3v) is 6.84. The maximum Gasteiger partial charge on any atom is 0.272 e. The number of carbonyl (C=O) groups excluding carboxylic acids is 1. The van der Waals surface area contributed by atoms with Gasteiger partial charge < -0.3 is 9.88 Å². The van der Waals surface area contributed by atoms with Crippen molar-refractivity contribution in [2.24, 2.45) is 0 Å². The monoisotopic (exact) mass is 489 g/mol. The summed E-state index contributed by atoms with van der Waals surface area (Å²) in [6.07, 6.45) is 6.91. The van der Waals surface area contributed by atoms with Crippen molar-refractivity contribution in [2.45, 2.75) is 25.3 Å². The second kappa shape index (κ2) is 8.64. The van der Waals surface area contributed by atoms with E-state index in [2.05, 4.69) is 15.2 Å². The quantitative estimate of drug-likeness (QED) is 0.431. The van der Waals surface area contributed by atoms with Gasteiger partial charge in [-0.1, -0.05) is 29.3 Å². The summed E-state index contributed by atoms with van der Waals surface area (Å²) in [5, 5.41) is 7.23. The number of nitrogens with one attached hydrogen (secondary N) is 2. The average molecular weight is 490 g/mol. The Bertz CT molecular complexity index is 1390. The summed E-state index contributed by atoms with van der Waals surface area (Å²) in [6.45, 7) is 1.06. The van der Waals surface area contributed by atoms with Crippen LogP contribution in [0.3, 0.4) is 0 Å². The molecular weight excluding hydrogens is 470 g/mol. The summed E-state index contributed by atoms with van der Waals surface area (Å²) in [5.41, 5.74) is 1.39. The molecule has 0 atom stereocenters. The molecule has 1 aliphatic heterocycles. The number of nitrogens with zero attached hydrogens (tertiary/aromatic N) is 4. The highest BCUT2D eigenvalue weighted by Gasteiger charge is 2.28. The van der Waals surface area contributed by atoms with Gasteiger partial charge in [0.2, 0.25) is 6.33 Å². The van der Waals surface area contributed by atoms with Crippen molar-refractivity contribution in [3.8, 4) is 0 Å². The van der Waals surface area contributed by atoms with Gasteiger partial charge in [0.05, 0.1) is 16.6 Å². The van der Waals surface area contributed by atoms with E-state index in [1.807, 2.05) is 4.57 Å². The van der Waals surface area contributed by atoms with E-state index in [-0.39, 0.29) is 33.2 Å². The number of benzene rings is 1. The fraction of sp³-hybridized carbons (Fsp3) is 0.273. The van der Waals surface area contributed by atoms with E-state index < -0.39 is 5.82 Å². The largest absolute Gasteiger partial charge is 0.338 e. The van der Waals surface area contributed by atoms with Crippen LogP contribution < -0.4 is 10.1 Å². The summed E-state index contributed by atoms with van der Waals surface area (Å²) >= 11 is 12.4. The van der Waals surface area contributed by atoms with Gasteiger partial charge in [-0.2, -0.15) is 0 Å². The minimum Gasteiger partial charge on any atom is -0.338 e. The first kappa shape index (κ1) is 21.7. The maximum absolute atomic E-state index is 14.6. The number of hydrogen-bond acceptors (Lipinski definition) is 3.